The maximum absolute atomic E-state index is 12.0. The first-order valence-electron chi connectivity index (χ1n) is 10.7. The van der Waals surface area contributed by atoms with Gasteiger partial charge in [-0.3, -0.25) is 0 Å². The summed E-state index contributed by atoms with van der Waals surface area (Å²) >= 11 is 1.58. The molecule has 2 aromatic carbocycles. The third-order valence-electron chi connectivity index (χ3n) is 5.42. The minimum absolute atomic E-state index is 0.387. The van der Waals surface area contributed by atoms with E-state index in [2.05, 4.69) is 37.7 Å². The van der Waals surface area contributed by atoms with Gasteiger partial charge in [-0.25, -0.2) is 14.8 Å². The molecule has 0 amide bonds. The molecule has 1 atom stereocenters. The van der Waals surface area contributed by atoms with Gasteiger partial charge in [0, 0.05) is 35.4 Å². The van der Waals surface area contributed by atoms with E-state index in [9.17, 15) is 9.90 Å². The summed E-state index contributed by atoms with van der Waals surface area (Å²) in [6.07, 6.45) is 3.85. The van der Waals surface area contributed by atoms with Crippen LogP contribution in [-0.4, -0.2) is 32.1 Å². The molecule has 4 rings (SSSR count). The van der Waals surface area contributed by atoms with Gasteiger partial charge in [-0.15, -0.1) is 11.3 Å². The van der Waals surface area contributed by atoms with Crippen LogP contribution in [0.3, 0.4) is 0 Å². The Morgan fingerprint density at radius 3 is 2.52 bits per heavy atom. The second kappa shape index (κ2) is 9.87. The molecule has 0 aliphatic heterocycles. The Balaban J connectivity index is 1.42. The zero-order valence-corrected chi connectivity index (χ0v) is 19.7. The summed E-state index contributed by atoms with van der Waals surface area (Å²) in [5.74, 6) is -0.154. The number of aliphatic carboxylic acids is 1. The van der Waals surface area contributed by atoms with Gasteiger partial charge in [-0.05, 0) is 37.5 Å². The number of H-pyrrole nitrogens is 1. The van der Waals surface area contributed by atoms with E-state index in [1.807, 2.05) is 50.4 Å². The Morgan fingerprint density at radius 2 is 1.88 bits per heavy atom. The zero-order valence-electron chi connectivity index (χ0n) is 18.8. The number of carbonyl (C=O) groups is 1. The molecular weight excluding hydrogens is 434 g/mol. The smallest absolute Gasteiger partial charge is 0.326 e. The van der Waals surface area contributed by atoms with Crippen LogP contribution < -0.4 is 10.6 Å². The maximum atomic E-state index is 12.0. The highest BCUT2D eigenvalue weighted by Crippen LogP contribution is 2.26. The molecule has 170 valence electrons. The fourth-order valence-corrected chi connectivity index (χ4v) is 4.68. The van der Waals surface area contributed by atoms with Crippen molar-refractivity contribution in [3.05, 3.63) is 82.1 Å². The minimum atomic E-state index is -0.868. The molecule has 4 aromatic rings. The van der Waals surface area contributed by atoms with E-state index in [4.69, 9.17) is 0 Å². The van der Waals surface area contributed by atoms with Gasteiger partial charge in [0.2, 0.25) is 0 Å². The van der Waals surface area contributed by atoms with Crippen LogP contribution in [0.5, 0.6) is 0 Å². The fourth-order valence-electron chi connectivity index (χ4n) is 3.86. The van der Waals surface area contributed by atoms with Crippen LogP contribution in [0.25, 0.3) is 10.6 Å². The molecule has 0 fully saturated rings. The number of thiazole rings is 1. The third-order valence-corrected chi connectivity index (χ3v) is 6.36. The average molecular weight is 462 g/mol. The van der Waals surface area contributed by atoms with E-state index in [-0.39, 0.29) is 0 Å². The number of imidazole rings is 1. The number of carboxylic acids is 1. The molecule has 2 heterocycles. The first-order chi connectivity index (χ1) is 15.9. The van der Waals surface area contributed by atoms with Crippen molar-refractivity contribution in [3.63, 3.8) is 0 Å². The van der Waals surface area contributed by atoms with Crippen molar-refractivity contribution in [1.82, 2.24) is 15.0 Å². The molecule has 8 heteroatoms. The van der Waals surface area contributed by atoms with Crippen LogP contribution in [0.15, 0.2) is 54.2 Å². The van der Waals surface area contributed by atoms with Crippen molar-refractivity contribution in [2.75, 3.05) is 10.6 Å². The number of carboxylic acid groups (broad SMARTS) is 1. The highest BCUT2D eigenvalue weighted by atomic mass is 32.1. The molecule has 0 saturated carbocycles. The Kier molecular flexibility index (Phi) is 6.74. The second-order valence-electron chi connectivity index (χ2n) is 8.15. The van der Waals surface area contributed by atoms with E-state index in [1.165, 1.54) is 5.56 Å². The van der Waals surface area contributed by atoms with Gasteiger partial charge in [0.1, 0.15) is 11.0 Å². The molecule has 0 saturated heterocycles. The SMILES string of the molecule is Cc1cc(C)c(NC(Cc2ccc(-c3nc(CNc4ncc[nH]4)cs3)cc2)C(=O)O)c(C)c1. The zero-order chi connectivity index (χ0) is 23.4. The Bertz CT molecular complexity index is 1210. The number of benzene rings is 2. The quantitative estimate of drug-likeness (QED) is 0.274. The molecule has 33 heavy (non-hydrogen) atoms. The highest BCUT2D eigenvalue weighted by molar-refractivity contribution is 7.13. The van der Waals surface area contributed by atoms with E-state index < -0.39 is 12.0 Å². The molecule has 4 N–H and O–H groups in total. The van der Waals surface area contributed by atoms with Crippen LogP contribution in [-0.2, 0) is 17.8 Å². The predicted octanol–water partition coefficient (Wildman–Crippen LogP) is 5.18. The Hall–Kier alpha value is -3.65. The summed E-state index contributed by atoms with van der Waals surface area (Å²) in [6, 6.07) is 11.4. The van der Waals surface area contributed by atoms with E-state index >= 15 is 0 Å². The van der Waals surface area contributed by atoms with Crippen LogP contribution in [0.4, 0.5) is 11.6 Å². The van der Waals surface area contributed by atoms with Crippen molar-refractivity contribution < 1.29 is 9.90 Å². The van der Waals surface area contributed by atoms with Crippen molar-refractivity contribution in [2.45, 2.75) is 39.8 Å². The van der Waals surface area contributed by atoms with Crippen molar-refractivity contribution >= 4 is 28.9 Å². The number of anilines is 2. The summed E-state index contributed by atoms with van der Waals surface area (Å²) in [5, 5.41) is 19.2. The largest absolute Gasteiger partial charge is 0.480 e. The van der Waals surface area contributed by atoms with E-state index in [0.29, 0.717) is 18.9 Å². The number of aromatic amines is 1. The normalized spacial score (nSPS) is 11.8. The molecule has 0 spiro atoms. The number of aromatic nitrogens is 3. The minimum Gasteiger partial charge on any atom is -0.480 e. The number of nitrogens with zero attached hydrogens (tertiary/aromatic N) is 2. The molecule has 1 unspecified atom stereocenters. The summed E-state index contributed by atoms with van der Waals surface area (Å²) < 4.78 is 0. The molecule has 0 aliphatic rings. The molecular formula is C25H27N5O2S. The molecule has 2 aromatic heterocycles. The number of rotatable bonds is 9. The van der Waals surface area contributed by atoms with Crippen molar-refractivity contribution in [1.29, 1.82) is 0 Å². The maximum Gasteiger partial charge on any atom is 0.326 e. The lowest BCUT2D eigenvalue weighted by atomic mass is 10.0. The van der Waals surface area contributed by atoms with Gasteiger partial charge in [0.05, 0.1) is 12.2 Å². The van der Waals surface area contributed by atoms with Gasteiger partial charge < -0.3 is 20.7 Å². The topological polar surface area (TPSA) is 103 Å². The monoisotopic (exact) mass is 461 g/mol. The number of aryl methyl sites for hydroxylation is 3. The van der Waals surface area contributed by atoms with Crippen molar-refractivity contribution in [3.8, 4) is 10.6 Å². The van der Waals surface area contributed by atoms with Crippen LogP contribution >= 0.6 is 11.3 Å². The standard InChI is InChI=1S/C25H27N5O2S/c1-15-10-16(2)22(17(3)11-15)30-21(24(31)32)12-18-4-6-19(7-5-18)23-29-20(14-33-23)13-28-25-26-8-9-27-25/h4-11,14,21,30H,12-13H2,1-3H3,(H,31,32)(H2,26,27,28). The summed E-state index contributed by atoms with van der Waals surface area (Å²) in [7, 11) is 0. The van der Waals surface area contributed by atoms with Crippen LogP contribution in [0.2, 0.25) is 0 Å². The molecule has 7 nitrogen and oxygen atoms in total. The summed E-state index contributed by atoms with van der Waals surface area (Å²) in [6.45, 7) is 6.64. The lowest BCUT2D eigenvalue weighted by molar-refractivity contribution is -0.137. The first-order valence-corrected chi connectivity index (χ1v) is 11.6. The van der Waals surface area contributed by atoms with Gasteiger partial charge in [0.25, 0.3) is 0 Å². The first kappa shape index (κ1) is 22.5. The summed E-state index contributed by atoms with van der Waals surface area (Å²) in [4.78, 5) is 23.8. The number of nitrogens with one attached hydrogen (secondary N) is 3. The van der Waals surface area contributed by atoms with Gasteiger partial charge in [-0.1, -0.05) is 42.0 Å². The Morgan fingerprint density at radius 1 is 1.15 bits per heavy atom. The lowest BCUT2D eigenvalue weighted by Crippen LogP contribution is -2.32. The van der Waals surface area contributed by atoms with E-state index in [1.54, 1.807) is 23.7 Å². The Labute approximate surface area is 197 Å². The number of hydrogen-bond donors (Lipinski definition) is 4. The van der Waals surface area contributed by atoms with Gasteiger partial charge in [0.15, 0.2) is 5.95 Å². The van der Waals surface area contributed by atoms with E-state index in [0.717, 1.165) is 38.6 Å². The molecule has 0 radical (unpaired) electrons. The van der Waals surface area contributed by atoms with Crippen LogP contribution in [0.1, 0.15) is 27.9 Å². The number of hydrogen-bond acceptors (Lipinski definition) is 6. The van der Waals surface area contributed by atoms with Gasteiger partial charge >= 0.3 is 5.97 Å². The molecule has 0 bridgehead atoms. The van der Waals surface area contributed by atoms with Gasteiger partial charge in [-0.2, -0.15) is 0 Å². The van der Waals surface area contributed by atoms with Crippen molar-refractivity contribution in [2.24, 2.45) is 0 Å². The van der Waals surface area contributed by atoms with Crippen LogP contribution in [0, 0.1) is 20.8 Å². The third kappa shape index (κ3) is 5.59. The molecule has 0 aliphatic carbocycles. The summed E-state index contributed by atoms with van der Waals surface area (Å²) in [5.41, 5.74) is 7.07. The average Bonchev–Trinajstić information content (AvgIpc) is 3.46. The fraction of sp³-hybridized carbons (Fsp3) is 0.240. The predicted molar refractivity (Wildman–Crippen MR) is 133 cm³/mol. The lowest BCUT2D eigenvalue weighted by Gasteiger charge is -2.20. The highest BCUT2D eigenvalue weighted by Gasteiger charge is 2.20. The second-order valence-corrected chi connectivity index (χ2v) is 9.00.